The van der Waals surface area contributed by atoms with Gasteiger partial charge in [-0.3, -0.25) is 0 Å². The van der Waals surface area contributed by atoms with Gasteiger partial charge < -0.3 is 10.6 Å². The highest BCUT2D eigenvalue weighted by molar-refractivity contribution is 5.58. The van der Waals surface area contributed by atoms with Crippen molar-refractivity contribution in [2.75, 3.05) is 11.4 Å². The number of rotatable bonds is 2. The fraction of sp³-hybridized carbons (Fsp3) is 0.625. The van der Waals surface area contributed by atoms with Gasteiger partial charge in [-0.05, 0) is 62.8 Å². The summed E-state index contributed by atoms with van der Waals surface area (Å²) in [6, 6.07) is 3.91. The monoisotopic (exact) mass is 264 g/mol. The lowest BCUT2D eigenvalue weighted by Gasteiger charge is -2.41. The Hall–Kier alpha value is -1.09. The molecule has 0 radical (unpaired) electrons. The van der Waals surface area contributed by atoms with Crippen molar-refractivity contribution in [3.8, 4) is 0 Å². The number of hydrogen-bond donors (Lipinski definition) is 1. The predicted octanol–water partition coefficient (Wildman–Crippen LogP) is 3.78. The number of nitrogens with zero attached hydrogens (tertiary/aromatic N) is 1. The van der Waals surface area contributed by atoms with E-state index in [1.807, 2.05) is 19.9 Å². The third-order valence-electron chi connectivity index (χ3n) is 4.48. The summed E-state index contributed by atoms with van der Waals surface area (Å²) in [4.78, 5) is 2.40. The SMILES string of the molecule is Cc1cc(N2CCCC(C)C2C)c(C(C)N)cc1F. The molecule has 1 fully saturated rings. The fourth-order valence-corrected chi connectivity index (χ4v) is 2.97. The van der Waals surface area contributed by atoms with Crippen LogP contribution in [0.1, 0.15) is 50.8 Å². The Kier molecular flexibility index (Phi) is 4.14. The molecule has 1 aliphatic heterocycles. The normalized spacial score (nSPS) is 25.5. The van der Waals surface area contributed by atoms with Crippen molar-refractivity contribution in [1.29, 1.82) is 0 Å². The smallest absolute Gasteiger partial charge is 0.126 e. The van der Waals surface area contributed by atoms with Crippen LogP contribution in [0.25, 0.3) is 0 Å². The van der Waals surface area contributed by atoms with Crippen LogP contribution >= 0.6 is 0 Å². The minimum Gasteiger partial charge on any atom is -0.368 e. The van der Waals surface area contributed by atoms with Gasteiger partial charge in [0.1, 0.15) is 5.82 Å². The number of aryl methyl sites for hydroxylation is 1. The molecule has 3 unspecified atom stereocenters. The molecule has 1 heterocycles. The highest BCUT2D eigenvalue weighted by atomic mass is 19.1. The molecule has 2 rings (SSSR count). The van der Waals surface area contributed by atoms with Crippen molar-refractivity contribution in [3.63, 3.8) is 0 Å². The molecular formula is C16H25FN2. The van der Waals surface area contributed by atoms with E-state index in [-0.39, 0.29) is 11.9 Å². The second kappa shape index (κ2) is 5.49. The summed E-state index contributed by atoms with van der Waals surface area (Å²) in [6.45, 7) is 9.33. The number of piperidine rings is 1. The quantitative estimate of drug-likeness (QED) is 0.881. The van der Waals surface area contributed by atoms with E-state index in [9.17, 15) is 4.39 Å². The zero-order valence-corrected chi connectivity index (χ0v) is 12.4. The van der Waals surface area contributed by atoms with Crippen LogP contribution in [0, 0.1) is 18.7 Å². The molecule has 0 saturated carbocycles. The van der Waals surface area contributed by atoms with E-state index in [4.69, 9.17) is 5.73 Å². The van der Waals surface area contributed by atoms with E-state index in [0.717, 1.165) is 17.8 Å². The van der Waals surface area contributed by atoms with Crippen molar-refractivity contribution < 1.29 is 4.39 Å². The zero-order chi connectivity index (χ0) is 14.2. The Morgan fingerprint density at radius 2 is 2.05 bits per heavy atom. The molecule has 1 aromatic carbocycles. The van der Waals surface area contributed by atoms with Crippen LogP contribution in [-0.4, -0.2) is 12.6 Å². The minimum atomic E-state index is -0.159. The average Bonchev–Trinajstić information content (AvgIpc) is 2.35. The molecule has 1 aromatic rings. The Labute approximate surface area is 115 Å². The van der Waals surface area contributed by atoms with E-state index in [0.29, 0.717) is 17.5 Å². The van der Waals surface area contributed by atoms with Crippen LogP contribution in [0.15, 0.2) is 12.1 Å². The molecule has 3 heteroatoms. The summed E-state index contributed by atoms with van der Waals surface area (Å²) in [5, 5.41) is 0. The average molecular weight is 264 g/mol. The van der Waals surface area contributed by atoms with Gasteiger partial charge in [-0.1, -0.05) is 6.92 Å². The molecule has 0 aromatic heterocycles. The molecule has 2 N–H and O–H groups in total. The summed E-state index contributed by atoms with van der Waals surface area (Å²) in [5.41, 5.74) is 8.76. The first-order valence-corrected chi connectivity index (χ1v) is 7.24. The maximum Gasteiger partial charge on any atom is 0.126 e. The molecule has 0 spiro atoms. The van der Waals surface area contributed by atoms with Crippen LogP contribution in [0.2, 0.25) is 0 Å². The van der Waals surface area contributed by atoms with Gasteiger partial charge in [0, 0.05) is 24.3 Å². The largest absolute Gasteiger partial charge is 0.368 e. The summed E-state index contributed by atoms with van der Waals surface area (Å²) in [6.07, 6.45) is 2.46. The molecule has 0 aliphatic carbocycles. The molecule has 3 atom stereocenters. The first-order valence-electron chi connectivity index (χ1n) is 7.24. The van der Waals surface area contributed by atoms with E-state index >= 15 is 0 Å². The Morgan fingerprint density at radius 3 is 2.68 bits per heavy atom. The molecule has 0 amide bonds. The van der Waals surface area contributed by atoms with Gasteiger partial charge in [-0.2, -0.15) is 0 Å². The van der Waals surface area contributed by atoms with Gasteiger partial charge in [0.05, 0.1) is 0 Å². The fourth-order valence-electron chi connectivity index (χ4n) is 2.97. The first-order chi connectivity index (χ1) is 8.91. The van der Waals surface area contributed by atoms with E-state index in [1.165, 1.54) is 12.8 Å². The van der Waals surface area contributed by atoms with Crippen molar-refractivity contribution in [2.45, 2.75) is 52.6 Å². The number of anilines is 1. The lowest BCUT2D eigenvalue weighted by molar-refractivity contribution is 0.362. The van der Waals surface area contributed by atoms with Crippen LogP contribution < -0.4 is 10.6 Å². The Bertz CT molecular complexity index is 456. The Balaban J connectivity index is 2.45. The van der Waals surface area contributed by atoms with Gasteiger partial charge in [-0.25, -0.2) is 4.39 Å². The number of benzene rings is 1. The van der Waals surface area contributed by atoms with Gasteiger partial charge in [-0.15, -0.1) is 0 Å². The third kappa shape index (κ3) is 2.76. The van der Waals surface area contributed by atoms with Crippen molar-refractivity contribution >= 4 is 5.69 Å². The highest BCUT2D eigenvalue weighted by Gasteiger charge is 2.27. The molecular weight excluding hydrogens is 239 g/mol. The second-order valence-corrected chi connectivity index (χ2v) is 6.00. The first kappa shape index (κ1) is 14.3. The maximum absolute atomic E-state index is 13.8. The number of halogens is 1. The Morgan fingerprint density at radius 1 is 1.37 bits per heavy atom. The van der Waals surface area contributed by atoms with E-state index in [2.05, 4.69) is 18.7 Å². The third-order valence-corrected chi connectivity index (χ3v) is 4.48. The molecule has 106 valence electrons. The van der Waals surface area contributed by atoms with Gasteiger partial charge in [0.15, 0.2) is 0 Å². The molecule has 19 heavy (non-hydrogen) atoms. The zero-order valence-electron chi connectivity index (χ0n) is 12.4. The molecule has 0 bridgehead atoms. The maximum atomic E-state index is 13.8. The summed E-state index contributed by atoms with van der Waals surface area (Å²) < 4.78 is 13.8. The van der Waals surface area contributed by atoms with Crippen molar-refractivity contribution in [3.05, 3.63) is 29.1 Å². The highest BCUT2D eigenvalue weighted by Crippen LogP contribution is 2.34. The van der Waals surface area contributed by atoms with Crippen molar-refractivity contribution in [2.24, 2.45) is 11.7 Å². The van der Waals surface area contributed by atoms with Gasteiger partial charge in [0.2, 0.25) is 0 Å². The van der Waals surface area contributed by atoms with Gasteiger partial charge >= 0.3 is 0 Å². The summed E-state index contributed by atoms with van der Waals surface area (Å²) in [5.74, 6) is 0.508. The second-order valence-electron chi connectivity index (χ2n) is 6.00. The van der Waals surface area contributed by atoms with E-state index in [1.54, 1.807) is 6.07 Å². The van der Waals surface area contributed by atoms with Crippen LogP contribution in [0.3, 0.4) is 0 Å². The molecule has 1 aliphatic rings. The lowest BCUT2D eigenvalue weighted by Crippen LogP contribution is -2.43. The van der Waals surface area contributed by atoms with E-state index < -0.39 is 0 Å². The molecule has 2 nitrogen and oxygen atoms in total. The minimum absolute atomic E-state index is 0.144. The van der Waals surface area contributed by atoms with Gasteiger partial charge in [0.25, 0.3) is 0 Å². The molecule has 1 saturated heterocycles. The number of nitrogens with two attached hydrogens (primary N) is 1. The lowest BCUT2D eigenvalue weighted by atomic mass is 9.90. The predicted molar refractivity (Wildman–Crippen MR) is 78.9 cm³/mol. The standard InChI is InChI=1S/C16H25FN2/c1-10-6-5-7-19(13(10)4)16-8-11(2)15(17)9-14(16)12(3)18/h8-10,12-13H,5-7,18H2,1-4H3. The summed E-state index contributed by atoms with van der Waals surface area (Å²) in [7, 11) is 0. The van der Waals surface area contributed by atoms with Crippen molar-refractivity contribution in [1.82, 2.24) is 0 Å². The van der Waals surface area contributed by atoms with Crippen LogP contribution in [0.5, 0.6) is 0 Å². The van der Waals surface area contributed by atoms with Crippen LogP contribution in [0.4, 0.5) is 10.1 Å². The number of hydrogen-bond acceptors (Lipinski definition) is 2. The summed E-state index contributed by atoms with van der Waals surface area (Å²) >= 11 is 0. The van der Waals surface area contributed by atoms with Crippen LogP contribution in [-0.2, 0) is 0 Å². The topological polar surface area (TPSA) is 29.3 Å².